The molecule has 0 aromatic heterocycles. The van der Waals surface area contributed by atoms with Gasteiger partial charge in [-0.05, 0) is 6.42 Å². The van der Waals surface area contributed by atoms with Crippen LogP contribution in [-0.2, 0) is 4.79 Å². The number of hydrogen-bond donors (Lipinski definition) is 2. The van der Waals surface area contributed by atoms with Crippen molar-refractivity contribution in [3.05, 3.63) is 11.5 Å². The Bertz CT molecular complexity index is 172. The Morgan fingerprint density at radius 3 is 2.56 bits per heavy atom. The quantitative estimate of drug-likeness (QED) is 0.497. The first-order valence-electron chi connectivity index (χ1n) is 2.92. The number of nitrogens with two attached hydrogens (primary N) is 1. The van der Waals surface area contributed by atoms with Crippen LogP contribution in [0.2, 0.25) is 0 Å². The van der Waals surface area contributed by atoms with E-state index in [0.717, 1.165) is 6.42 Å². The Kier molecular flexibility index (Phi) is 1.42. The molecule has 3 nitrogen and oxygen atoms in total. The van der Waals surface area contributed by atoms with Gasteiger partial charge in [0, 0.05) is 12.8 Å². The van der Waals surface area contributed by atoms with Crippen LogP contribution in [-0.4, -0.2) is 10.9 Å². The van der Waals surface area contributed by atoms with Gasteiger partial charge in [0.15, 0.2) is 5.78 Å². The van der Waals surface area contributed by atoms with Gasteiger partial charge in [0.2, 0.25) is 0 Å². The highest BCUT2D eigenvalue weighted by atomic mass is 16.3. The lowest BCUT2D eigenvalue weighted by atomic mass is 10.0. The van der Waals surface area contributed by atoms with Crippen molar-refractivity contribution < 1.29 is 9.90 Å². The highest BCUT2D eigenvalue weighted by Gasteiger charge is 2.15. The maximum absolute atomic E-state index is 10.7. The average Bonchev–Trinajstić information content (AvgIpc) is 1.83. The third-order valence-electron chi connectivity index (χ3n) is 1.43. The summed E-state index contributed by atoms with van der Waals surface area (Å²) in [6, 6.07) is 0. The molecule has 0 aromatic rings. The van der Waals surface area contributed by atoms with Gasteiger partial charge in [-0.3, -0.25) is 4.79 Å². The van der Waals surface area contributed by atoms with Gasteiger partial charge < -0.3 is 10.8 Å². The van der Waals surface area contributed by atoms with Gasteiger partial charge in [-0.2, -0.15) is 0 Å². The Labute approximate surface area is 53.2 Å². The van der Waals surface area contributed by atoms with Gasteiger partial charge in [0.1, 0.15) is 11.5 Å². The van der Waals surface area contributed by atoms with Gasteiger partial charge in [-0.1, -0.05) is 0 Å². The number of ketones is 1. The first-order valence-corrected chi connectivity index (χ1v) is 2.92. The molecule has 0 radical (unpaired) electrons. The van der Waals surface area contributed by atoms with E-state index in [1.165, 1.54) is 0 Å². The van der Waals surface area contributed by atoms with Crippen LogP contribution in [0.25, 0.3) is 0 Å². The summed E-state index contributed by atoms with van der Waals surface area (Å²) in [6.45, 7) is 0. The lowest BCUT2D eigenvalue weighted by Crippen LogP contribution is -2.18. The first kappa shape index (κ1) is 6.13. The maximum Gasteiger partial charge on any atom is 0.181 e. The highest BCUT2D eigenvalue weighted by molar-refractivity contribution is 5.95. The largest absolute Gasteiger partial charge is 0.510 e. The lowest BCUT2D eigenvalue weighted by molar-refractivity contribution is -0.116. The predicted octanol–water partition coefficient (Wildman–Crippen LogP) is 0.468. The second-order valence-corrected chi connectivity index (χ2v) is 2.14. The number of allylic oxidation sites excluding steroid dienone is 2. The lowest BCUT2D eigenvalue weighted by Gasteiger charge is -2.09. The number of rotatable bonds is 0. The summed E-state index contributed by atoms with van der Waals surface area (Å²) < 4.78 is 0. The fraction of sp³-hybridized carbons (Fsp3) is 0.500. The van der Waals surface area contributed by atoms with Crippen molar-refractivity contribution in [2.24, 2.45) is 5.73 Å². The SMILES string of the molecule is NC1=C(O)CCCC1=O. The van der Waals surface area contributed by atoms with E-state index >= 15 is 0 Å². The fourth-order valence-corrected chi connectivity index (χ4v) is 0.847. The Morgan fingerprint density at radius 1 is 1.44 bits per heavy atom. The molecule has 0 spiro atoms. The monoisotopic (exact) mass is 127 g/mol. The van der Waals surface area contributed by atoms with Crippen LogP contribution in [0.5, 0.6) is 0 Å². The van der Waals surface area contributed by atoms with Crippen molar-refractivity contribution in [3.63, 3.8) is 0 Å². The number of Topliss-reactive ketones (excluding diaryl/α,β-unsaturated/α-hetero) is 1. The van der Waals surface area contributed by atoms with Gasteiger partial charge >= 0.3 is 0 Å². The molecule has 3 N–H and O–H groups in total. The van der Waals surface area contributed by atoms with E-state index in [4.69, 9.17) is 10.8 Å². The van der Waals surface area contributed by atoms with E-state index in [1.54, 1.807) is 0 Å². The van der Waals surface area contributed by atoms with Crippen molar-refractivity contribution in [3.8, 4) is 0 Å². The Hall–Kier alpha value is -0.990. The van der Waals surface area contributed by atoms with Crippen LogP contribution in [0.15, 0.2) is 11.5 Å². The van der Waals surface area contributed by atoms with Crippen LogP contribution >= 0.6 is 0 Å². The smallest absolute Gasteiger partial charge is 0.181 e. The summed E-state index contributed by atoms with van der Waals surface area (Å²) in [5.74, 6) is -0.0648. The summed E-state index contributed by atoms with van der Waals surface area (Å²) in [4.78, 5) is 10.7. The fourth-order valence-electron chi connectivity index (χ4n) is 0.847. The van der Waals surface area contributed by atoms with Crippen molar-refractivity contribution in [2.45, 2.75) is 19.3 Å². The number of aliphatic hydroxyl groups is 1. The molecule has 0 bridgehead atoms. The topological polar surface area (TPSA) is 63.3 Å². The van der Waals surface area contributed by atoms with Crippen LogP contribution < -0.4 is 5.73 Å². The number of carbonyl (C=O) groups is 1. The second-order valence-electron chi connectivity index (χ2n) is 2.14. The molecule has 3 heteroatoms. The van der Waals surface area contributed by atoms with E-state index in [1.807, 2.05) is 0 Å². The third-order valence-corrected chi connectivity index (χ3v) is 1.43. The van der Waals surface area contributed by atoms with Crippen molar-refractivity contribution in [2.75, 3.05) is 0 Å². The minimum atomic E-state index is -0.126. The third kappa shape index (κ3) is 1.04. The van der Waals surface area contributed by atoms with Gasteiger partial charge in [0.25, 0.3) is 0 Å². The molecule has 9 heavy (non-hydrogen) atoms. The Morgan fingerprint density at radius 2 is 2.11 bits per heavy atom. The molecular weight excluding hydrogens is 118 g/mol. The minimum absolute atomic E-state index is 0.0567. The van der Waals surface area contributed by atoms with Crippen LogP contribution in [0.3, 0.4) is 0 Å². The zero-order chi connectivity index (χ0) is 6.85. The molecule has 50 valence electrons. The molecule has 0 saturated heterocycles. The molecule has 1 rings (SSSR count). The van der Waals surface area contributed by atoms with E-state index in [9.17, 15) is 4.79 Å². The van der Waals surface area contributed by atoms with E-state index in [0.29, 0.717) is 12.8 Å². The average molecular weight is 127 g/mol. The summed E-state index contributed by atoms with van der Waals surface area (Å²) in [6.07, 6.45) is 1.76. The van der Waals surface area contributed by atoms with E-state index < -0.39 is 0 Å². The number of hydrogen-bond acceptors (Lipinski definition) is 3. The van der Waals surface area contributed by atoms with Crippen LogP contribution in [0.4, 0.5) is 0 Å². The Balaban J connectivity index is 2.84. The summed E-state index contributed by atoms with van der Waals surface area (Å²) >= 11 is 0. The molecular formula is C6H9NO2. The van der Waals surface area contributed by atoms with Crippen LogP contribution in [0.1, 0.15) is 19.3 Å². The molecule has 0 aliphatic heterocycles. The predicted molar refractivity (Wildman–Crippen MR) is 32.7 cm³/mol. The molecule has 0 atom stereocenters. The van der Waals surface area contributed by atoms with Crippen molar-refractivity contribution in [1.29, 1.82) is 0 Å². The summed E-state index contributed by atoms with van der Waals surface area (Å²) in [5, 5.41) is 8.88. The van der Waals surface area contributed by atoms with Gasteiger partial charge in [0.05, 0.1) is 0 Å². The molecule has 0 aromatic carbocycles. The normalized spacial score (nSPS) is 20.7. The molecule has 0 fully saturated rings. The summed E-state index contributed by atoms with van der Waals surface area (Å²) in [5.41, 5.74) is 5.26. The van der Waals surface area contributed by atoms with Crippen LogP contribution in [0, 0.1) is 0 Å². The molecule has 0 amide bonds. The number of aliphatic hydroxyl groups excluding tert-OH is 1. The van der Waals surface area contributed by atoms with E-state index in [2.05, 4.69) is 0 Å². The summed E-state index contributed by atoms with van der Waals surface area (Å²) in [7, 11) is 0. The van der Waals surface area contributed by atoms with E-state index in [-0.39, 0.29) is 17.2 Å². The molecule has 0 heterocycles. The second kappa shape index (κ2) is 2.09. The molecule has 1 aliphatic rings. The molecule has 0 saturated carbocycles. The zero-order valence-electron chi connectivity index (χ0n) is 5.05. The maximum atomic E-state index is 10.7. The zero-order valence-corrected chi connectivity index (χ0v) is 5.05. The standard InChI is InChI=1S/C6H9NO2/c7-6-4(8)2-1-3-5(6)9/h8H,1-3,7H2. The first-order chi connectivity index (χ1) is 4.22. The van der Waals surface area contributed by atoms with Gasteiger partial charge in [-0.25, -0.2) is 0 Å². The highest BCUT2D eigenvalue weighted by Crippen LogP contribution is 2.15. The molecule has 0 unspecified atom stereocenters. The minimum Gasteiger partial charge on any atom is -0.510 e. The van der Waals surface area contributed by atoms with Crippen molar-refractivity contribution in [1.82, 2.24) is 0 Å². The van der Waals surface area contributed by atoms with Crippen molar-refractivity contribution >= 4 is 5.78 Å². The van der Waals surface area contributed by atoms with Gasteiger partial charge in [-0.15, -0.1) is 0 Å². The molecule has 1 aliphatic carbocycles. The number of carbonyl (C=O) groups excluding carboxylic acids is 1.